The fraction of sp³-hybridized carbons (Fsp3) is 0. The summed E-state index contributed by atoms with van der Waals surface area (Å²) in [5.74, 6) is -1.09. The van der Waals surface area contributed by atoms with Crippen molar-refractivity contribution in [2.24, 2.45) is 0 Å². The van der Waals surface area contributed by atoms with Gasteiger partial charge in [-0.3, -0.25) is 19.7 Å². The zero-order chi connectivity index (χ0) is 14.7. The summed E-state index contributed by atoms with van der Waals surface area (Å²) < 4.78 is 0. The van der Waals surface area contributed by atoms with Gasteiger partial charge in [-0.2, -0.15) is 5.10 Å². The highest BCUT2D eigenvalue weighted by Crippen LogP contribution is 2.23. The zero-order valence-corrected chi connectivity index (χ0v) is 9.86. The Labute approximate surface area is 111 Å². The van der Waals surface area contributed by atoms with E-state index in [1.54, 1.807) is 0 Å². The Balaban J connectivity index is 2.33. The molecular weight excluding hydrogens is 268 g/mol. The second-order valence-corrected chi connectivity index (χ2v) is 3.72. The van der Waals surface area contributed by atoms with E-state index < -0.39 is 22.1 Å². The van der Waals surface area contributed by atoms with Gasteiger partial charge in [0.15, 0.2) is 5.82 Å². The molecule has 0 bridgehead atoms. The van der Waals surface area contributed by atoms with E-state index in [2.05, 4.69) is 15.5 Å². The number of carbonyl (C=O) groups is 1. The van der Waals surface area contributed by atoms with Gasteiger partial charge in [-0.05, 0) is 18.2 Å². The van der Waals surface area contributed by atoms with Crippen molar-refractivity contribution < 1.29 is 14.8 Å². The van der Waals surface area contributed by atoms with Crippen molar-refractivity contribution >= 4 is 17.4 Å². The summed E-state index contributed by atoms with van der Waals surface area (Å²) in [4.78, 5) is 32.8. The van der Waals surface area contributed by atoms with E-state index in [0.717, 1.165) is 24.3 Å². The molecule has 2 aromatic rings. The third-order valence-corrected chi connectivity index (χ3v) is 2.34. The first-order chi connectivity index (χ1) is 9.47. The first-order valence-corrected chi connectivity index (χ1v) is 5.32. The second-order valence-electron chi connectivity index (χ2n) is 3.72. The van der Waals surface area contributed by atoms with Crippen molar-refractivity contribution in [1.29, 1.82) is 0 Å². The average Bonchev–Trinajstić information content (AvgIpc) is 2.41. The number of phenols is 1. The van der Waals surface area contributed by atoms with E-state index >= 15 is 0 Å². The van der Waals surface area contributed by atoms with Crippen LogP contribution in [-0.2, 0) is 0 Å². The van der Waals surface area contributed by atoms with E-state index in [9.17, 15) is 24.8 Å². The normalized spacial score (nSPS) is 10.0. The van der Waals surface area contributed by atoms with E-state index in [0.29, 0.717) is 0 Å². The van der Waals surface area contributed by atoms with Crippen LogP contribution in [0.2, 0.25) is 0 Å². The third-order valence-electron chi connectivity index (χ3n) is 2.34. The van der Waals surface area contributed by atoms with Gasteiger partial charge < -0.3 is 10.4 Å². The first-order valence-electron chi connectivity index (χ1n) is 5.32. The smallest absolute Gasteiger partial charge is 0.282 e. The molecule has 2 rings (SSSR count). The lowest BCUT2D eigenvalue weighted by Crippen LogP contribution is -2.17. The van der Waals surface area contributed by atoms with Crippen molar-refractivity contribution in [3.63, 3.8) is 0 Å². The van der Waals surface area contributed by atoms with Gasteiger partial charge in [0, 0.05) is 12.1 Å². The monoisotopic (exact) mass is 276 g/mol. The molecule has 9 heteroatoms. The van der Waals surface area contributed by atoms with Gasteiger partial charge in [0.25, 0.3) is 17.2 Å². The molecule has 0 atom stereocenters. The summed E-state index contributed by atoms with van der Waals surface area (Å²) >= 11 is 0. The van der Waals surface area contributed by atoms with Gasteiger partial charge in [0.05, 0.1) is 4.92 Å². The molecule has 3 N–H and O–H groups in total. The van der Waals surface area contributed by atoms with Crippen LogP contribution in [0.3, 0.4) is 0 Å². The summed E-state index contributed by atoms with van der Waals surface area (Å²) in [5, 5.41) is 28.0. The maximum Gasteiger partial charge on any atom is 0.282 e. The molecule has 1 amide bonds. The molecule has 0 fully saturated rings. The van der Waals surface area contributed by atoms with Crippen LogP contribution in [0.4, 0.5) is 11.5 Å². The first kappa shape index (κ1) is 13.2. The number of aromatic amines is 1. The predicted octanol–water partition coefficient (Wildman–Crippen LogP) is 0.636. The van der Waals surface area contributed by atoms with Gasteiger partial charge in [-0.1, -0.05) is 0 Å². The van der Waals surface area contributed by atoms with Crippen molar-refractivity contribution in [3.8, 4) is 5.75 Å². The molecule has 0 saturated heterocycles. The fourth-order valence-electron chi connectivity index (χ4n) is 1.46. The lowest BCUT2D eigenvalue weighted by molar-refractivity contribution is -0.385. The van der Waals surface area contributed by atoms with Crippen molar-refractivity contribution in [2.45, 2.75) is 0 Å². The molecule has 0 unspecified atom stereocenters. The largest absolute Gasteiger partial charge is 0.508 e. The maximum absolute atomic E-state index is 11.9. The van der Waals surface area contributed by atoms with Crippen LogP contribution in [0.25, 0.3) is 0 Å². The number of amides is 1. The molecule has 0 aliphatic rings. The molecule has 20 heavy (non-hydrogen) atoms. The van der Waals surface area contributed by atoms with Crippen molar-refractivity contribution in [2.75, 3.05) is 5.32 Å². The van der Waals surface area contributed by atoms with Gasteiger partial charge in [0.2, 0.25) is 0 Å². The van der Waals surface area contributed by atoms with Crippen LogP contribution >= 0.6 is 0 Å². The quantitative estimate of drug-likeness (QED) is 0.555. The molecule has 1 aromatic carbocycles. The van der Waals surface area contributed by atoms with Crippen molar-refractivity contribution in [1.82, 2.24) is 10.2 Å². The SMILES string of the molecule is O=C(Nc1ccc(=O)[nH]n1)c1cc(O)ccc1[N+](=O)[O-]. The summed E-state index contributed by atoms with van der Waals surface area (Å²) in [7, 11) is 0. The summed E-state index contributed by atoms with van der Waals surface area (Å²) in [5.41, 5.74) is -1.22. The molecule has 0 aliphatic carbocycles. The summed E-state index contributed by atoms with van der Waals surface area (Å²) in [6, 6.07) is 5.47. The van der Waals surface area contributed by atoms with Crippen LogP contribution in [0.1, 0.15) is 10.4 Å². The Bertz CT molecular complexity index is 719. The number of aromatic nitrogens is 2. The molecule has 102 valence electrons. The third kappa shape index (κ3) is 2.77. The molecule has 9 nitrogen and oxygen atoms in total. The molecule has 0 aliphatic heterocycles. The summed E-state index contributed by atoms with van der Waals surface area (Å²) in [6.45, 7) is 0. The number of hydrogen-bond donors (Lipinski definition) is 3. The van der Waals surface area contributed by atoms with Gasteiger partial charge in [0.1, 0.15) is 11.3 Å². The Hall–Kier alpha value is -3.23. The molecule has 0 saturated carbocycles. The Morgan fingerprint density at radius 3 is 2.70 bits per heavy atom. The number of phenolic OH excluding ortho intramolecular Hbond substituents is 1. The van der Waals surface area contributed by atoms with Crippen LogP contribution < -0.4 is 10.9 Å². The number of nitro benzene ring substituents is 1. The second kappa shape index (κ2) is 5.18. The number of nitro groups is 1. The minimum absolute atomic E-state index is 0.0206. The molecule has 1 heterocycles. The highest BCUT2D eigenvalue weighted by Gasteiger charge is 2.21. The molecular formula is C11H8N4O5. The van der Waals surface area contributed by atoms with Crippen LogP contribution in [0, 0.1) is 10.1 Å². The van der Waals surface area contributed by atoms with Crippen LogP contribution in [0.15, 0.2) is 35.1 Å². The van der Waals surface area contributed by atoms with E-state index in [-0.39, 0.29) is 17.1 Å². The summed E-state index contributed by atoms with van der Waals surface area (Å²) in [6.07, 6.45) is 0. The number of aromatic hydroxyl groups is 1. The number of hydrogen-bond acceptors (Lipinski definition) is 6. The number of carbonyl (C=O) groups excluding carboxylic acids is 1. The van der Waals surface area contributed by atoms with Crippen molar-refractivity contribution in [3.05, 3.63) is 56.4 Å². The highest BCUT2D eigenvalue weighted by molar-refractivity contribution is 6.06. The van der Waals surface area contributed by atoms with Crippen LogP contribution in [0.5, 0.6) is 5.75 Å². The van der Waals surface area contributed by atoms with E-state index in [1.807, 2.05) is 0 Å². The molecule has 0 spiro atoms. The Kier molecular flexibility index (Phi) is 3.42. The minimum Gasteiger partial charge on any atom is -0.508 e. The van der Waals surface area contributed by atoms with E-state index in [4.69, 9.17) is 0 Å². The Morgan fingerprint density at radius 1 is 1.35 bits per heavy atom. The van der Waals surface area contributed by atoms with Gasteiger partial charge in [-0.25, -0.2) is 5.10 Å². The van der Waals surface area contributed by atoms with Gasteiger partial charge >= 0.3 is 0 Å². The number of anilines is 1. The lowest BCUT2D eigenvalue weighted by Gasteiger charge is -2.05. The Morgan fingerprint density at radius 2 is 2.10 bits per heavy atom. The van der Waals surface area contributed by atoms with E-state index in [1.165, 1.54) is 6.07 Å². The number of benzene rings is 1. The molecule has 1 aromatic heterocycles. The zero-order valence-electron chi connectivity index (χ0n) is 9.86. The lowest BCUT2D eigenvalue weighted by atomic mass is 10.1. The standard InChI is InChI=1S/C11H8N4O5/c16-6-1-2-8(15(19)20)7(5-6)11(18)12-9-3-4-10(17)14-13-9/h1-5,16H,(H,14,17)(H,12,13,18). The predicted molar refractivity (Wildman–Crippen MR) is 67.6 cm³/mol. The molecule has 0 radical (unpaired) electrons. The number of nitrogens with one attached hydrogen (secondary N) is 2. The number of H-pyrrole nitrogens is 1. The van der Waals surface area contributed by atoms with Gasteiger partial charge in [-0.15, -0.1) is 0 Å². The average molecular weight is 276 g/mol. The highest BCUT2D eigenvalue weighted by atomic mass is 16.6. The number of rotatable bonds is 3. The fourth-order valence-corrected chi connectivity index (χ4v) is 1.46. The number of nitrogens with zero attached hydrogens (tertiary/aromatic N) is 2. The maximum atomic E-state index is 11.9. The van der Waals surface area contributed by atoms with Crippen LogP contribution in [-0.4, -0.2) is 26.1 Å². The minimum atomic E-state index is -0.827. The topological polar surface area (TPSA) is 138 Å².